The molecule has 3 N–H and O–H groups in total. The fourth-order valence-electron chi connectivity index (χ4n) is 3.14. The van der Waals surface area contributed by atoms with Crippen LogP contribution < -0.4 is 11.1 Å². The number of rotatable bonds is 3. The smallest absolute Gasteiger partial charge is 0.252 e. The highest BCUT2D eigenvalue weighted by atomic mass is 32.1. The lowest BCUT2D eigenvalue weighted by molar-refractivity contribution is 0.0899. The molecule has 1 fully saturated rings. The Kier molecular flexibility index (Phi) is 4.67. The second kappa shape index (κ2) is 6.14. The summed E-state index contributed by atoms with van der Waals surface area (Å²) in [6.07, 6.45) is 3.76. The second-order valence-corrected chi connectivity index (χ2v) is 6.79. The summed E-state index contributed by atoms with van der Waals surface area (Å²) in [5.41, 5.74) is 8.15. The van der Waals surface area contributed by atoms with E-state index >= 15 is 0 Å². The number of carbonyl (C=O) groups excluding carboxylic acids is 1. The van der Waals surface area contributed by atoms with Gasteiger partial charge in [0.15, 0.2) is 0 Å². The van der Waals surface area contributed by atoms with Gasteiger partial charge >= 0.3 is 0 Å². The van der Waals surface area contributed by atoms with E-state index in [0.29, 0.717) is 10.9 Å². The predicted molar refractivity (Wildman–Crippen MR) is 90.5 cm³/mol. The second-order valence-electron chi connectivity index (χ2n) is 6.35. The van der Waals surface area contributed by atoms with Gasteiger partial charge in [0.05, 0.1) is 10.5 Å². The monoisotopic (exact) mass is 304 g/mol. The van der Waals surface area contributed by atoms with Crippen molar-refractivity contribution in [3.8, 4) is 0 Å². The van der Waals surface area contributed by atoms with Crippen molar-refractivity contribution < 1.29 is 4.79 Å². The largest absolute Gasteiger partial charge is 0.391 e. The van der Waals surface area contributed by atoms with Gasteiger partial charge in [-0.25, -0.2) is 0 Å². The fraction of sp³-hybridized carbons (Fsp3) is 0.529. The number of amides is 1. The van der Waals surface area contributed by atoms with Crippen LogP contribution in [0.2, 0.25) is 0 Å². The zero-order valence-corrected chi connectivity index (χ0v) is 13.8. The molecule has 0 bridgehead atoms. The van der Waals surface area contributed by atoms with Crippen LogP contribution in [0.4, 0.5) is 0 Å². The Morgan fingerprint density at radius 1 is 1.29 bits per heavy atom. The summed E-state index contributed by atoms with van der Waals surface area (Å²) in [5.74, 6) is 0.609. The van der Waals surface area contributed by atoms with Crippen LogP contribution in [-0.2, 0) is 0 Å². The van der Waals surface area contributed by atoms with E-state index in [1.54, 1.807) is 0 Å². The molecule has 0 aliphatic heterocycles. The molecule has 0 atom stereocenters. The highest BCUT2D eigenvalue weighted by molar-refractivity contribution is 7.80. The number of hydrogen-bond acceptors (Lipinski definition) is 2. The number of thiocarbonyl (C=S) groups is 1. The molecule has 0 aromatic heterocycles. The maximum absolute atomic E-state index is 12.7. The van der Waals surface area contributed by atoms with Gasteiger partial charge in [-0.05, 0) is 56.6 Å². The highest BCUT2D eigenvalue weighted by Crippen LogP contribution is 2.32. The maximum Gasteiger partial charge on any atom is 0.252 e. The van der Waals surface area contributed by atoms with E-state index in [0.717, 1.165) is 42.4 Å². The number of hydrogen-bond donors (Lipinski definition) is 2. The molecule has 21 heavy (non-hydrogen) atoms. The standard InChI is InChI=1S/C17H24N2OS/c1-11-7-9-17(10-8-11,16(18)21)19-15(20)14-12(2)5-4-6-13(14)3/h4-6,11H,7-10H2,1-3H3,(H2,18,21)(H,19,20). The first-order valence-corrected chi connectivity index (χ1v) is 7.95. The van der Waals surface area contributed by atoms with Gasteiger partial charge in [-0.15, -0.1) is 0 Å². The third-order valence-corrected chi connectivity index (χ3v) is 5.05. The molecule has 1 aliphatic rings. The van der Waals surface area contributed by atoms with E-state index in [9.17, 15) is 4.79 Å². The zero-order valence-electron chi connectivity index (χ0n) is 13.0. The minimum Gasteiger partial charge on any atom is -0.391 e. The topological polar surface area (TPSA) is 55.1 Å². The summed E-state index contributed by atoms with van der Waals surface area (Å²) in [6.45, 7) is 6.15. The van der Waals surface area contributed by atoms with Crippen LogP contribution >= 0.6 is 12.2 Å². The summed E-state index contributed by atoms with van der Waals surface area (Å²) in [5, 5.41) is 3.15. The number of nitrogens with two attached hydrogens (primary N) is 1. The van der Waals surface area contributed by atoms with E-state index in [1.165, 1.54) is 0 Å². The third kappa shape index (κ3) is 3.26. The van der Waals surface area contributed by atoms with Gasteiger partial charge in [-0.1, -0.05) is 37.3 Å². The van der Waals surface area contributed by atoms with Gasteiger partial charge in [-0.2, -0.15) is 0 Å². The number of benzene rings is 1. The Bertz CT molecular complexity index is 540. The summed E-state index contributed by atoms with van der Waals surface area (Å²) >= 11 is 5.26. The Hall–Kier alpha value is -1.42. The molecule has 114 valence electrons. The van der Waals surface area contributed by atoms with Gasteiger partial charge < -0.3 is 11.1 Å². The molecule has 2 rings (SSSR count). The van der Waals surface area contributed by atoms with Crippen LogP contribution in [0, 0.1) is 19.8 Å². The lowest BCUT2D eigenvalue weighted by atomic mass is 9.76. The van der Waals surface area contributed by atoms with Crippen LogP contribution in [0.1, 0.15) is 54.1 Å². The van der Waals surface area contributed by atoms with Crippen LogP contribution in [0.5, 0.6) is 0 Å². The molecule has 1 aliphatic carbocycles. The Balaban J connectivity index is 2.26. The molecule has 0 heterocycles. The average Bonchev–Trinajstić information content (AvgIpc) is 2.41. The first-order chi connectivity index (χ1) is 9.85. The highest BCUT2D eigenvalue weighted by Gasteiger charge is 2.38. The molecule has 0 radical (unpaired) electrons. The minimum atomic E-state index is -0.520. The Morgan fingerprint density at radius 3 is 2.29 bits per heavy atom. The van der Waals surface area contributed by atoms with Gasteiger partial charge in [0, 0.05) is 5.56 Å². The summed E-state index contributed by atoms with van der Waals surface area (Å²) in [6, 6.07) is 5.88. The Morgan fingerprint density at radius 2 is 1.81 bits per heavy atom. The molecule has 1 amide bonds. The SMILES string of the molecule is Cc1cccc(C)c1C(=O)NC1(C(N)=S)CCC(C)CC1. The molecule has 0 spiro atoms. The van der Waals surface area contributed by atoms with Gasteiger partial charge in [0.2, 0.25) is 0 Å². The lowest BCUT2D eigenvalue weighted by Crippen LogP contribution is -2.58. The first-order valence-electron chi connectivity index (χ1n) is 7.54. The van der Waals surface area contributed by atoms with Crippen LogP contribution in [0.15, 0.2) is 18.2 Å². The minimum absolute atomic E-state index is 0.0621. The normalized spacial score (nSPS) is 25.4. The van der Waals surface area contributed by atoms with Crippen molar-refractivity contribution >= 4 is 23.1 Å². The van der Waals surface area contributed by atoms with Gasteiger partial charge in [0.25, 0.3) is 5.91 Å². The zero-order chi connectivity index (χ0) is 15.6. The van der Waals surface area contributed by atoms with E-state index in [2.05, 4.69) is 12.2 Å². The van der Waals surface area contributed by atoms with Crippen molar-refractivity contribution in [2.75, 3.05) is 0 Å². The van der Waals surface area contributed by atoms with Gasteiger partial charge in [-0.3, -0.25) is 4.79 Å². The van der Waals surface area contributed by atoms with E-state index in [1.807, 2.05) is 32.0 Å². The van der Waals surface area contributed by atoms with E-state index in [4.69, 9.17) is 18.0 Å². The first kappa shape index (κ1) is 16.0. The quantitative estimate of drug-likeness (QED) is 0.843. The van der Waals surface area contributed by atoms with Crippen molar-refractivity contribution in [3.05, 3.63) is 34.9 Å². The molecule has 1 aromatic rings. The summed E-state index contributed by atoms with van der Waals surface area (Å²) < 4.78 is 0. The molecule has 4 heteroatoms. The Labute approximate surface area is 132 Å². The van der Waals surface area contributed by atoms with E-state index < -0.39 is 5.54 Å². The van der Waals surface area contributed by atoms with E-state index in [-0.39, 0.29) is 5.91 Å². The van der Waals surface area contributed by atoms with Crippen LogP contribution in [-0.4, -0.2) is 16.4 Å². The van der Waals surface area contributed by atoms with Crippen molar-refractivity contribution in [3.63, 3.8) is 0 Å². The van der Waals surface area contributed by atoms with Crippen molar-refractivity contribution in [1.29, 1.82) is 0 Å². The molecule has 1 saturated carbocycles. The third-order valence-electron chi connectivity index (χ3n) is 4.66. The van der Waals surface area contributed by atoms with Crippen LogP contribution in [0.3, 0.4) is 0 Å². The lowest BCUT2D eigenvalue weighted by Gasteiger charge is -2.39. The molecule has 1 aromatic carbocycles. The van der Waals surface area contributed by atoms with Crippen molar-refractivity contribution in [2.45, 2.75) is 52.0 Å². The molecular formula is C17H24N2OS. The summed E-state index contributed by atoms with van der Waals surface area (Å²) in [7, 11) is 0. The summed E-state index contributed by atoms with van der Waals surface area (Å²) in [4.78, 5) is 13.1. The number of nitrogens with one attached hydrogen (secondary N) is 1. The molecule has 0 unspecified atom stereocenters. The fourth-order valence-corrected chi connectivity index (χ4v) is 3.40. The van der Waals surface area contributed by atoms with Crippen molar-refractivity contribution in [2.24, 2.45) is 11.7 Å². The number of aryl methyl sites for hydroxylation is 2. The van der Waals surface area contributed by atoms with Crippen molar-refractivity contribution in [1.82, 2.24) is 5.32 Å². The number of carbonyl (C=O) groups is 1. The maximum atomic E-state index is 12.7. The predicted octanol–water partition coefficient (Wildman–Crippen LogP) is 3.27. The van der Waals surface area contributed by atoms with Crippen LogP contribution in [0.25, 0.3) is 0 Å². The average molecular weight is 304 g/mol. The molecule has 0 saturated heterocycles. The van der Waals surface area contributed by atoms with Gasteiger partial charge in [0.1, 0.15) is 0 Å². The molecular weight excluding hydrogens is 280 g/mol. The molecule has 3 nitrogen and oxygen atoms in total.